The monoisotopic (exact) mass is 381 g/mol. The van der Waals surface area contributed by atoms with Gasteiger partial charge >= 0.3 is 15.4 Å². The van der Waals surface area contributed by atoms with Crippen LogP contribution in [0.25, 0.3) is 0 Å². The van der Waals surface area contributed by atoms with Gasteiger partial charge in [0.15, 0.2) is 5.85 Å². The van der Waals surface area contributed by atoms with Gasteiger partial charge in [0, 0.05) is 6.42 Å². The standard InChI is InChI=1S/C11H25NO7P2.ClH/c1-3-12(4-2)8-6-5-7-10(12)9-11(20(13,14)15)19-21(16,17)18;/h10-11H,3-9H2,1-2H3,(H3-,13,14,15,16,17,18);1H. The smallest absolute Gasteiger partial charge is 0.470 e. The molecule has 4 N–H and O–H groups in total. The van der Waals surface area contributed by atoms with Crippen molar-refractivity contribution in [3.05, 3.63) is 0 Å². The number of phosphoric acid groups is 1. The summed E-state index contributed by atoms with van der Waals surface area (Å²) < 4.78 is 27.5. The van der Waals surface area contributed by atoms with Crippen molar-refractivity contribution in [1.29, 1.82) is 0 Å². The Hall–Kier alpha value is 0.510. The SMILES string of the molecule is CC[N+]1(CC)CCCCC1CC(OP(=O)(O)O)P(=O)(O)O.[Cl-]. The third-order valence-corrected chi connectivity index (χ3v) is 6.29. The van der Waals surface area contributed by atoms with E-state index in [0.29, 0.717) is 4.48 Å². The van der Waals surface area contributed by atoms with E-state index in [2.05, 4.69) is 4.52 Å². The summed E-state index contributed by atoms with van der Waals surface area (Å²) in [6.07, 6.45) is 2.74. The molecule has 22 heavy (non-hydrogen) atoms. The number of halogens is 1. The Morgan fingerprint density at radius 2 is 1.68 bits per heavy atom. The highest BCUT2D eigenvalue weighted by molar-refractivity contribution is 7.53. The number of quaternary nitrogens is 1. The molecule has 1 aliphatic rings. The van der Waals surface area contributed by atoms with E-state index in [4.69, 9.17) is 9.79 Å². The first kappa shape index (κ1) is 22.5. The van der Waals surface area contributed by atoms with Crippen LogP contribution in [-0.2, 0) is 13.7 Å². The van der Waals surface area contributed by atoms with Crippen molar-refractivity contribution in [2.75, 3.05) is 19.6 Å². The summed E-state index contributed by atoms with van der Waals surface area (Å²) >= 11 is 0. The van der Waals surface area contributed by atoms with E-state index in [-0.39, 0.29) is 24.9 Å². The zero-order valence-corrected chi connectivity index (χ0v) is 15.4. The quantitative estimate of drug-likeness (QED) is 0.309. The van der Waals surface area contributed by atoms with Crippen molar-refractivity contribution >= 4 is 15.4 Å². The summed E-state index contributed by atoms with van der Waals surface area (Å²) in [4.78, 5) is 36.4. The minimum absolute atomic E-state index is 0. The first-order chi connectivity index (χ1) is 9.54. The highest BCUT2D eigenvalue weighted by Crippen LogP contribution is 2.53. The fourth-order valence-electron chi connectivity index (χ4n) is 3.29. The molecule has 1 aliphatic heterocycles. The lowest BCUT2D eigenvalue weighted by molar-refractivity contribution is -0.953. The Labute approximate surface area is 137 Å². The normalized spacial score (nSPS) is 23.6. The highest BCUT2D eigenvalue weighted by Gasteiger charge is 2.44. The first-order valence-corrected chi connectivity index (χ1v) is 10.4. The number of phosphoric ester groups is 1. The lowest BCUT2D eigenvalue weighted by Gasteiger charge is -2.47. The molecule has 134 valence electrons. The topological polar surface area (TPSA) is 124 Å². The number of hydrogen-bond donors (Lipinski definition) is 4. The van der Waals surface area contributed by atoms with Crippen LogP contribution >= 0.6 is 15.4 Å². The van der Waals surface area contributed by atoms with Crippen molar-refractivity contribution in [2.45, 2.75) is 51.4 Å². The van der Waals surface area contributed by atoms with E-state index >= 15 is 0 Å². The predicted octanol–water partition coefficient (Wildman–Crippen LogP) is -1.60. The van der Waals surface area contributed by atoms with Crippen LogP contribution in [-0.4, -0.2) is 55.6 Å². The van der Waals surface area contributed by atoms with Gasteiger partial charge in [0.25, 0.3) is 0 Å². The molecule has 0 aromatic heterocycles. The van der Waals surface area contributed by atoms with Crippen LogP contribution in [0.2, 0.25) is 0 Å². The van der Waals surface area contributed by atoms with E-state index in [1.165, 1.54) is 0 Å². The average Bonchev–Trinajstić information content (AvgIpc) is 2.36. The van der Waals surface area contributed by atoms with E-state index in [1.54, 1.807) is 0 Å². The van der Waals surface area contributed by atoms with Gasteiger partial charge in [-0.2, -0.15) is 0 Å². The summed E-state index contributed by atoms with van der Waals surface area (Å²) in [5, 5.41) is 0. The molecule has 1 saturated heterocycles. The predicted molar refractivity (Wildman–Crippen MR) is 77.4 cm³/mol. The molecule has 11 heteroatoms. The van der Waals surface area contributed by atoms with Gasteiger partial charge in [-0.25, -0.2) is 4.57 Å². The van der Waals surface area contributed by atoms with Crippen LogP contribution in [0.4, 0.5) is 0 Å². The minimum atomic E-state index is -4.94. The number of nitrogens with zero attached hydrogens (tertiary/aromatic N) is 1. The molecule has 2 unspecified atom stereocenters. The van der Waals surface area contributed by atoms with Gasteiger partial charge in [-0.1, -0.05) is 0 Å². The van der Waals surface area contributed by atoms with Gasteiger partial charge in [-0.3, -0.25) is 9.09 Å². The van der Waals surface area contributed by atoms with Crippen LogP contribution in [0, 0.1) is 0 Å². The van der Waals surface area contributed by atoms with Crippen LogP contribution in [0.5, 0.6) is 0 Å². The third kappa shape index (κ3) is 6.19. The average molecular weight is 382 g/mol. The molecule has 0 spiro atoms. The lowest BCUT2D eigenvalue weighted by Crippen LogP contribution is -3.00. The molecule has 0 aromatic rings. The second kappa shape index (κ2) is 8.56. The second-order valence-electron chi connectivity index (χ2n) is 5.60. The second-order valence-corrected chi connectivity index (χ2v) is 8.55. The van der Waals surface area contributed by atoms with Gasteiger partial charge in [0.2, 0.25) is 0 Å². The summed E-state index contributed by atoms with van der Waals surface area (Å²) in [6, 6.07) is -0.0575. The van der Waals surface area contributed by atoms with Crippen LogP contribution in [0.3, 0.4) is 0 Å². The summed E-state index contributed by atoms with van der Waals surface area (Å²) in [6.45, 7) is 6.62. The molecule has 0 amide bonds. The zero-order valence-electron chi connectivity index (χ0n) is 12.8. The summed E-state index contributed by atoms with van der Waals surface area (Å²) in [7, 11) is -9.68. The van der Waals surface area contributed by atoms with E-state index in [0.717, 1.165) is 38.9 Å². The fraction of sp³-hybridized carbons (Fsp3) is 1.00. The maximum atomic E-state index is 11.5. The summed E-state index contributed by atoms with van der Waals surface area (Å²) in [5.74, 6) is -1.75. The fourth-order valence-corrected chi connectivity index (χ4v) is 5.07. The van der Waals surface area contributed by atoms with Crippen molar-refractivity contribution in [1.82, 2.24) is 0 Å². The van der Waals surface area contributed by atoms with Crippen molar-refractivity contribution in [3.8, 4) is 0 Å². The van der Waals surface area contributed by atoms with Crippen molar-refractivity contribution < 1.29 is 50.1 Å². The van der Waals surface area contributed by atoms with Gasteiger partial charge in [-0.05, 0) is 33.1 Å². The number of piperidine rings is 1. The molecule has 0 bridgehead atoms. The van der Waals surface area contributed by atoms with Crippen molar-refractivity contribution in [2.24, 2.45) is 0 Å². The Bertz CT molecular complexity index is 434. The molecule has 0 aliphatic carbocycles. The van der Waals surface area contributed by atoms with E-state index in [9.17, 15) is 18.9 Å². The van der Waals surface area contributed by atoms with Crippen molar-refractivity contribution in [3.63, 3.8) is 0 Å². The molecule has 0 aromatic carbocycles. The highest BCUT2D eigenvalue weighted by atomic mass is 35.5. The van der Waals surface area contributed by atoms with Gasteiger partial charge in [0.05, 0.1) is 25.7 Å². The molecule has 8 nitrogen and oxygen atoms in total. The Morgan fingerprint density at radius 1 is 1.14 bits per heavy atom. The van der Waals surface area contributed by atoms with E-state index < -0.39 is 21.3 Å². The molecule has 0 radical (unpaired) electrons. The van der Waals surface area contributed by atoms with E-state index in [1.807, 2.05) is 13.8 Å². The van der Waals surface area contributed by atoms with Gasteiger partial charge in [0.1, 0.15) is 0 Å². The number of hydrogen-bond acceptors (Lipinski definition) is 3. The molecule has 1 rings (SSSR count). The maximum absolute atomic E-state index is 11.5. The Balaban J connectivity index is 0.00000441. The molecule has 1 fully saturated rings. The van der Waals surface area contributed by atoms with Crippen LogP contribution in [0.15, 0.2) is 0 Å². The molecule has 0 saturated carbocycles. The number of likely N-dealkylation sites (tertiary alicyclic amines) is 1. The Kier molecular flexibility index (Phi) is 8.76. The molecule has 2 atom stereocenters. The Morgan fingerprint density at radius 3 is 2.09 bits per heavy atom. The van der Waals surface area contributed by atoms with Crippen LogP contribution < -0.4 is 12.4 Å². The molecular weight excluding hydrogens is 356 g/mol. The maximum Gasteiger partial charge on any atom is 0.470 e. The van der Waals surface area contributed by atoms with Gasteiger partial charge < -0.3 is 36.5 Å². The summed E-state index contributed by atoms with van der Waals surface area (Å²) in [5.41, 5.74) is 0. The molecule has 1 heterocycles. The molecular formula is C11H26ClNO7P2. The lowest BCUT2D eigenvalue weighted by atomic mass is 9.95. The van der Waals surface area contributed by atoms with Gasteiger partial charge in [-0.15, -0.1) is 0 Å². The third-order valence-electron chi connectivity index (χ3n) is 4.53. The number of rotatable bonds is 7. The van der Waals surface area contributed by atoms with Crippen LogP contribution in [0.1, 0.15) is 39.5 Å². The zero-order chi connectivity index (χ0) is 16.3. The first-order valence-electron chi connectivity index (χ1n) is 7.19. The minimum Gasteiger partial charge on any atom is -1.00 e. The largest absolute Gasteiger partial charge is 1.00 e.